The van der Waals surface area contributed by atoms with Crippen LogP contribution in [0.5, 0.6) is 0 Å². The van der Waals surface area contributed by atoms with Crippen molar-refractivity contribution in [1.29, 1.82) is 0 Å². The molecule has 0 saturated heterocycles. The van der Waals surface area contributed by atoms with Crippen molar-refractivity contribution in [2.24, 2.45) is 0 Å². The molecule has 2 heteroatoms. The van der Waals surface area contributed by atoms with Crippen molar-refractivity contribution in [3.05, 3.63) is 12.7 Å². The summed E-state index contributed by atoms with van der Waals surface area (Å²) in [6.45, 7) is 3.35. The van der Waals surface area contributed by atoms with Gasteiger partial charge in [0.1, 0.15) is 6.10 Å². The Morgan fingerprint density at radius 1 is 1.86 bits per heavy atom. The van der Waals surface area contributed by atoms with E-state index in [9.17, 15) is 4.79 Å². The molecule has 7 heavy (non-hydrogen) atoms. The van der Waals surface area contributed by atoms with E-state index < -0.39 is 6.10 Å². The predicted octanol–water partition coefficient (Wildman–Crippen LogP) is 0.386. The highest BCUT2D eigenvalue weighted by Crippen LogP contribution is 1.81. The van der Waals surface area contributed by atoms with Gasteiger partial charge in [-0.05, 0) is 0 Å². The maximum Gasteiger partial charge on any atom is 0.152 e. The number of hydrogen-bond acceptors (Lipinski definition) is 2. The second-order valence-electron chi connectivity index (χ2n) is 1.07. The van der Waals surface area contributed by atoms with Crippen LogP contribution in [0, 0.1) is 0 Å². The van der Waals surface area contributed by atoms with Crippen LogP contribution >= 0.6 is 0 Å². The lowest BCUT2D eigenvalue weighted by Gasteiger charge is -1.96. The second-order valence-corrected chi connectivity index (χ2v) is 1.07. The first-order valence-corrected chi connectivity index (χ1v) is 1.95. The summed E-state index contributed by atoms with van der Waals surface area (Å²) < 4.78 is 4.56. The summed E-state index contributed by atoms with van der Waals surface area (Å²) in [4.78, 5) is 9.77. The van der Waals surface area contributed by atoms with E-state index in [1.165, 1.54) is 13.2 Å². The highest BCUT2D eigenvalue weighted by molar-refractivity contribution is 5.58. The van der Waals surface area contributed by atoms with E-state index in [2.05, 4.69) is 11.3 Å². The van der Waals surface area contributed by atoms with Crippen molar-refractivity contribution in [2.45, 2.75) is 6.10 Å². The van der Waals surface area contributed by atoms with Gasteiger partial charge in [0.2, 0.25) is 0 Å². The lowest BCUT2D eigenvalue weighted by Crippen LogP contribution is -2.06. The van der Waals surface area contributed by atoms with Gasteiger partial charge in [0.05, 0.1) is 0 Å². The molecule has 40 valence electrons. The summed E-state index contributed by atoms with van der Waals surface area (Å²) in [7, 11) is 1.46. The number of rotatable bonds is 3. The summed E-state index contributed by atoms with van der Waals surface area (Å²) in [5.74, 6) is 0. The normalized spacial score (nSPS) is 12.7. The van der Waals surface area contributed by atoms with Crippen LogP contribution < -0.4 is 0 Å². The number of aldehydes is 1. The lowest BCUT2D eigenvalue weighted by atomic mass is 10.4. The summed E-state index contributed by atoms with van der Waals surface area (Å²) in [6, 6.07) is 0. The van der Waals surface area contributed by atoms with Gasteiger partial charge in [-0.25, -0.2) is 0 Å². The smallest absolute Gasteiger partial charge is 0.152 e. The Bertz CT molecular complexity index is 60.5. The van der Waals surface area contributed by atoms with Gasteiger partial charge in [-0.3, -0.25) is 0 Å². The number of hydrogen-bond donors (Lipinski definition) is 0. The van der Waals surface area contributed by atoms with Crippen LogP contribution in [0.3, 0.4) is 0 Å². The average molecular weight is 100 g/mol. The fourth-order valence-electron chi connectivity index (χ4n) is 0.207. The Morgan fingerprint density at radius 3 is 2.43 bits per heavy atom. The van der Waals surface area contributed by atoms with Crippen molar-refractivity contribution >= 4 is 6.29 Å². The van der Waals surface area contributed by atoms with Crippen molar-refractivity contribution in [2.75, 3.05) is 7.11 Å². The van der Waals surface area contributed by atoms with E-state index in [4.69, 9.17) is 0 Å². The molecule has 0 aliphatic heterocycles. The van der Waals surface area contributed by atoms with E-state index >= 15 is 0 Å². The SMILES string of the molecule is C=C[C@@H](C=O)OC. The molecule has 0 bridgehead atoms. The minimum Gasteiger partial charge on any atom is -0.370 e. The number of ether oxygens (including phenoxy) is 1. The molecule has 0 heterocycles. The van der Waals surface area contributed by atoms with E-state index in [1.54, 1.807) is 0 Å². The van der Waals surface area contributed by atoms with Crippen LogP contribution in [0.4, 0.5) is 0 Å². The first-order chi connectivity index (χ1) is 3.35. The third-order valence-electron chi connectivity index (χ3n) is 0.639. The second kappa shape index (κ2) is 3.56. The minimum absolute atomic E-state index is 0.431. The minimum atomic E-state index is -0.431. The first kappa shape index (κ1) is 6.37. The Labute approximate surface area is 42.8 Å². The van der Waals surface area contributed by atoms with Crippen LogP contribution in [-0.2, 0) is 9.53 Å². The summed E-state index contributed by atoms with van der Waals surface area (Å²) in [5, 5.41) is 0. The molecule has 2 nitrogen and oxygen atoms in total. The number of methoxy groups -OCH3 is 1. The zero-order valence-corrected chi connectivity index (χ0v) is 4.26. The molecule has 0 unspecified atom stereocenters. The first-order valence-electron chi connectivity index (χ1n) is 1.95. The Balaban J connectivity index is 3.36. The molecule has 0 N–H and O–H groups in total. The molecule has 0 aromatic carbocycles. The molecule has 0 radical (unpaired) electrons. The Morgan fingerprint density at radius 2 is 2.43 bits per heavy atom. The van der Waals surface area contributed by atoms with Crippen LogP contribution in [0.25, 0.3) is 0 Å². The molecule has 0 amide bonds. The van der Waals surface area contributed by atoms with Crippen molar-refractivity contribution in [3.8, 4) is 0 Å². The monoisotopic (exact) mass is 100 g/mol. The van der Waals surface area contributed by atoms with Crippen molar-refractivity contribution < 1.29 is 9.53 Å². The van der Waals surface area contributed by atoms with E-state index in [0.29, 0.717) is 6.29 Å². The van der Waals surface area contributed by atoms with Gasteiger partial charge < -0.3 is 9.53 Å². The molecule has 0 spiro atoms. The maximum absolute atomic E-state index is 9.77. The Kier molecular flexibility index (Phi) is 3.24. The standard InChI is InChI=1S/C5H8O2/c1-3-5(4-6)7-2/h3-5H,1H2,2H3/t5-/m0/s1. The molecule has 0 saturated carbocycles. The molecule has 0 aliphatic rings. The van der Waals surface area contributed by atoms with Gasteiger partial charge in [-0.2, -0.15) is 0 Å². The zero-order chi connectivity index (χ0) is 5.70. The van der Waals surface area contributed by atoms with Crippen LogP contribution in [0.15, 0.2) is 12.7 Å². The highest BCUT2D eigenvalue weighted by atomic mass is 16.5. The van der Waals surface area contributed by atoms with Gasteiger partial charge in [0, 0.05) is 7.11 Å². The zero-order valence-electron chi connectivity index (χ0n) is 4.26. The fourth-order valence-corrected chi connectivity index (χ4v) is 0.207. The van der Waals surface area contributed by atoms with Crippen LogP contribution in [0.2, 0.25) is 0 Å². The third-order valence-corrected chi connectivity index (χ3v) is 0.639. The highest BCUT2D eigenvalue weighted by Gasteiger charge is 1.92. The quantitative estimate of drug-likeness (QED) is 0.378. The molecular formula is C5H8O2. The van der Waals surface area contributed by atoms with E-state index in [1.807, 2.05) is 0 Å². The van der Waals surface area contributed by atoms with E-state index in [-0.39, 0.29) is 0 Å². The van der Waals surface area contributed by atoms with Gasteiger partial charge >= 0.3 is 0 Å². The molecule has 1 atom stereocenters. The lowest BCUT2D eigenvalue weighted by molar-refractivity contribution is -0.114. The fraction of sp³-hybridized carbons (Fsp3) is 0.400. The third kappa shape index (κ3) is 2.11. The molecule has 0 aromatic rings. The van der Waals surface area contributed by atoms with Gasteiger partial charge in [-0.1, -0.05) is 6.08 Å². The molecule has 0 aromatic heterocycles. The predicted molar refractivity (Wildman–Crippen MR) is 27.1 cm³/mol. The maximum atomic E-state index is 9.77. The number of carbonyl (C=O) groups excluding carboxylic acids is 1. The molecular weight excluding hydrogens is 92.1 g/mol. The average Bonchev–Trinajstić information content (AvgIpc) is 1.72. The van der Waals surface area contributed by atoms with Crippen LogP contribution in [-0.4, -0.2) is 19.5 Å². The summed E-state index contributed by atoms with van der Waals surface area (Å²) >= 11 is 0. The van der Waals surface area contributed by atoms with Crippen molar-refractivity contribution in [3.63, 3.8) is 0 Å². The van der Waals surface area contributed by atoms with Crippen molar-refractivity contribution in [1.82, 2.24) is 0 Å². The Hall–Kier alpha value is -0.630. The summed E-state index contributed by atoms with van der Waals surface area (Å²) in [5.41, 5.74) is 0. The largest absolute Gasteiger partial charge is 0.370 e. The summed E-state index contributed by atoms with van der Waals surface area (Å²) in [6.07, 6.45) is 1.69. The van der Waals surface area contributed by atoms with Gasteiger partial charge in [-0.15, -0.1) is 6.58 Å². The number of carbonyl (C=O) groups is 1. The topological polar surface area (TPSA) is 26.3 Å². The molecule has 0 rings (SSSR count). The van der Waals surface area contributed by atoms with E-state index in [0.717, 1.165) is 0 Å². The van der Waals surface area contributed by atoms with Gasteiger partial charge in [0.15, 0.2) is 6.29 Å². The van der Waals surface area contributed by atoms with Gasteiger partial charge in [0.25, 0.3) is 0 Å². The molecule has 0 fully saturated rings. The van der Waals surface area contributed by atoms with Crippen LogP contribution in [0.1, 0.15) is 0 Å². The molecule has 0 aliphatic carbocycles.